The highest BCUT2D eigenvalue weighted by molar-refractivity contribution is 8.15. The summed E-state index contributed by atoms with van der Waals surface area (Å²) in [6, 6.07) is 7.86. The van der Waals surface area contributed by atoms with Crippen LogP contribution in [0.15, 0.2) is 29.4 Å². The maximum absolute atomic E-state index is 13.3. The lowest BCUT2D eigenvalue weighted by Gasteiger charge is -2.33. The standard InChI is InChI=1S/C23H26N10O2S/c1-4-31-17(34)13-36-23(31)27-26-20(35)18-14(2)24-22-32-19(28-33(18)22)15-7-5-6-8-16(15)25-21(32)30-11-9-29(3)10-12-30/h5-8H,4,9-13H2,1-3H3,(H,26,35)/b27-23+. The number of amides is 2. The highest BCUT2D eigenvalue weighted by atomic mass is 32.2. The number of hydrogen-bond acceptors (Lipinski definition) is 9. The van der Waals surface area contributed by atoms with Gasteiger partial charge in [0, 0.05) is 38.1 Å². The van der Waals surface area contributed by atoms with E-state index in [1.165, 1.54) is 11.8 Å². The first kappa shape index (κ1) is 22.7. The molecule has 36 heavy (non-hydrogen) atoms. The minimum Gasteiger partial charge on any atom is -0.339 e. The molecule has 12 nitrogen and oxygen atoms in total. The van der Waals surface area contributed by atoms with Crippen LogP contribution in [-0.4, -0.2) is 96.3 Å². The lowest BCUT2D eigenvalue weighted by Crippen LogP contribution is -2.45. The van der Waals surface area contributed by atoms with E-state index in [1.54, 1.807) is 16.3 Å². The monoisotopic (exact) mass is 506 g/mol. The number of amidine groups is 1. The molecule has 2 aliphatic heterocycles. The van der Waals surface area contributed by atoms with E-state index in [4.69, 9.17) is 15.1 Å². The minimum atomic E-state index is -0.440. The molecule has 0 atom stereocenters. The number of imidazole rings is 1. The first-order valence-corrected chi connectivity index (χ1v) is 12.9. The molecule has 0 spiro atoms. The van der Waals surface area contributed by atoms with Crippen molar-refractivity contribution in [2.75, 3.05) is 50.4 Å². The predicted molar refractivity (Wildman–Crippen MR) is 138 cm³/mol. The van der Waals surface area contributed by atoms with Crippen LogP contribution in [0.5, 0.6) is 0 Å². The molecule has 13 heteroatoms. The number of benzene rings is 1. The number of nitrogens with one attached hydrogen (secondary N) is 1. The van der Waals surface area contributed by atoms with E-state index in [-0.39, 0.29) is 5.91 Å². The fraction of sp³-hybridized carbons (Fsp3) is 0.391. The predicted octanol–water partition coefficient (Wildman–Crippen LogP) is 1.19. The van der Waals surface area contributed by atoms with E-state index in [9.17, 15) is 9.59 Å². The number of hydrazone groups is 1. The van der Waals surface area contributed by atoms with Crippen molar-refractivity contribution >= 4 is 57.0 Å². The summed E-state index contributed by atoms with van der Waals surface area (Å²) in [5.74, 6) is 1.14. The Morgan fingerprint density at radius 2 is 1.94 bits per heavy atom. The number of likely N-dealkylation sites (N-methyl/N-ethyl adjacent to an activating group) is 1. The Morgan fingerprint density at radius 3 is 2.72 bits per heavy atom. The second-order valence-electron chi connectivity index (χ2n) is 8.90. The average molecular weight is 507 g/mol. The molecule has 2 saturated heterocycles. The molecule has 0 bridgehead atoms. The summed E-state index contributed by atoms with van der Waals surface area (Å²) in [6.07, 6.45) is 0. The SMILES string of the molecule is CCN1C(=O)CS/C1=N/NC(=O)c1c(C)nc2n1nc1c3ccccc3nc(N3CCN(C)CC3)n12. The molecule has 2 amide bonds. The van der Waals surface area contributed by atoms with Gasteiger partial charge in [-0.2, -0.15) is 4.52 Å². The van der Waals surface area contributed by atoms with Crippen molar-refractivity contribution in [2.45, 2.75) is 13.8 Å². The Morgan fingerprint density at radius 1 is 1.17 bits per heavy atom. The molecule has 6 rings (SSSR count). The van der Waals surface area contributed by atoms with Gasteiger partial charge in [0.1, 0.15) is 0 Å². The number of rotatable bonds is 4. The van der Waals surface area contributed by atoms with Crippen molar-refractivity contribution in [2.24, 2.45) is 5.10 Å². The van der Waals surface area contributed by atoms with Crippen LogP contribution in [0.2, 0.25) is 0 Å². The van der Waals surface area contributed by atoms with Gasteiger partial charge in [0.2, 0.25) is 17.6 Å². The largest absolute Gasteiger partial charge is 0.339 e. The van der Waals surface area contributed by atoms with Crippen LogP contribution in [0.4, 0.5) is 5.95 Å². The molecule has 5 heterocycles. The van der Waals surface area contributed by atoms with E-state index < -0.39 is 5.91 Å². The molecular weight excluding hydrogens is 480 g/mol. The number of nitrogens with zero attached hydrogens (tertiary/aromatic N) is 9. The van der Waals surface area contributed by atoms with Crippen LogP contribution >= 0.6 is 11.8 Å². The van der Waals surface area contributed by atoms with Gasteiger partial charge >= 0.3 is 0 Å². The van der Waals surface area contributed by atoms with Crippen LogP contribution in [0.3, 0.4) is 0 Å². The average Bonchev–Trinajstić information content (AvgIpc) is 3.53. The molecule has 2 aliphatic rings. The number of hydrogen-bond donors (Lipinski definition) is 1. The van der Waals surface area contributed by atoms with Gasteiger partial charge in [0.25, 0.3) is 5.91 Å². The number of para-hydroxylation sites is 1. The summed E-state index contributed by atoms with van der Waals surface area (Å²) in [5, 5.41) is 10.4. The highest BCUT2D eigenvalue weighted by Gasteiger charge is 2.29. The van der Waals surface area contributed by atoms with Gasteiger partial charge in [-0.3, -0.25) is 14.5 Å². The number of carbonyl (C=O) groups excluding carboxylic acids is 2. The minimum absolute atomic E-state index is 0.0189. The number of thioether (sulfide) groups is 1. The summed E-state index contributed by atoms with van der Waals surface area (Å²) >= 11 is 1.31. The smallest absolute Gasteiger partial charge is 0.292 e. The molecule has 0 radical (unpaired) electrons. The first-order valence-electron chi connectivity index (χ1n) is 11.9. The molecule has 2 fully saturated rings. The fourth-order valence-electron chi connectivity index (χ4n) is 4.68. The quantitative estimate of drug-likeness (QED) is 0.411. The fourth-order valence-corrected chi connectivity index (χ4v) is 5.58. The topological polar surface area (TPSA) is 116 Å². The third kappa shape index (κ3) is 3.57. The summed E-state index contributed by atoms with van der Waals surface area (Å²) < 4.78 is 3.51. The number of anilines is 1. The Labute approximate surface area is 210 Å². The van der Waals surface area contributed by atoms with Crippen LogP contribution in [0.1, 0.15) is 23.1 Å². The van der Waals surface area contributed by atoms with E-state index >= 15 is 0 Å². The van der Waals surface area contributed by atoms with Crippen molar-refractivity contribution in [3.63, 3.8) is 0 Å². The Bertz CT molecular complexity index is 1550. The molecule has 3 aromatic heterocycles. The van der Waals surface area contributed by atoms with Crippen LogP contribution in [0.25, 0.3) is 22.3 Å². The molecule has 1 N–H and O–H groups in total. The molecule has 1 aromatic carbocycles. The van der Waals surface area contributed by atoms with Gasteiger partial charge in [-0.1, -0.05) is 23.9 Å². The lowest BCUT2D eigenvalue weighted by molar-refractivity contribution is -0.123. The van der Waals surface area contributed by atoms with E-state index in [1.807, 2.05) is 35.6 Å². The van der Waals surface area contributed by atoms with E-state index in [2.05, 4.69) is 27.4 Å². The first-order chi connectivity index (χ1) is 17.5. The summed E-state index contributed by atoms with van der Waals surface area (Å²) in [4.78, 5) is 41.0. The van der Waals surface area contributed by atoms with Crippen molar-refractivity contribution < 1.29 is 9.59 Å². The molecule has 186 valence electrons. The van der Waals surface area contributed by atoms with Crippen LogP contribution in [0, 0.1) is 6.92 Å². The second kappa shape index (κ2) is 8.75. The third-order valence-electron chi connectivity index (χ3n) is 6.61. The van der Waals surface area contributed by atoms with Crippen molar-refractivity contribution in [1.82, 2.24) is 39.2 Å². The van der Waals surface area contributed by atoms with Gasteiger partial charge in [0.05, 0.1) is 17.0 Å². The summed E-state index contributed by atoms with van der Waals surface area (Å²) in [5.41, 5.74) is 4.95. The number of fused-ring (bicyclic) bond motifs is 5. The van der Waals surface area contributed by atoms with E-state index in [0.29, 0.717) is 40.3 Å². The van der Waals surface area contributed by atoms with E-state index in [0.717, 1.165) is 43.0 Å². The van der Waals surface area contributed by atoms with Gasteiger partial charge in [-0.05, 0) is 33.0 Å². The van der Waals surface area contributed by atoms with Crippen molar-refractivity contribution in [1.29, 1.82) is 0 Å². The Kier molecular flexibility index (Phi) is 5.52. The maximum Gasteiger partial charge on any atom is 0.292 e. The van der Waals surface area contributed by atoms with Crippen molar-refractivity contribution in [3.05, 3.63) is 35.7 Å². The maximum atomic E-state index is 13.3. The van der Waals surface area contributed by atoms with Gasteiger partial charge in [-0.25, -0.2) is 19.8 Å². The lowest BCUT2D eigenvalue weighted by atomic mass is 10.2. The summed E-state index contributed by atoms with van der Waals surface area (Å²) in [6.45, 7) is 7.66. The zero-order valence-corrected chi connectivity index (χ0v) is 21.1. The normalized spacial score (nSPS) is 18.4. The van der Waals surface area contributed by atoms with Crippen LogP contribution in [-0.2, 0) is 4.79 Å². The molecule has 0 saturated carbocycles. The second-order valence-corrected chi connectivity index (χ2v) is 9.84. The number of aromatic nitrogens is 5. The molecule has 0 aliphatic carbocycles. The van der Waals surface area contributed by atoms with Gasteiger partial charge < -0.3 is 9.80 Å². The number of piperazine rings is 1. The molecule has 0 unspecified atom stereocenters. The zero-order valence-electron chi connectivity index (χ0n) is 20.3. The van der Waals surface area contributed by atoms with Crippen LogP contribution < -0.4 is 10.3 Å². The van der Waals surface area contributed by atoms with Crippen molar-refractivity contribution in [3.8, 4) is 0 Å². The Hall–Kier alpha value is -3.71. The zero-order chi connectivity index (χ0) is 25.0. The number of aryl methyl sites for hydroxylation is 1. The Balaban J connectivity index is 1.47. The van der Waals surface area contributed by atoms with Gasteiger partial charge in [0.15, 0.2) is 16.5 Å². The molecule has 4 aromatic rings. The highest BCUT2D eigenvalue weighted by Crippen LogP contribution is 2.27. The van der Waals surface area contributed by atoms with Gasteiger partial charge in [-0.15, -0.1) is 10.2 Å². The molecular formula is C23H26N10O2S. The third-order valence-corrected chi connectivity index (χ3v) is 7.57. The number of carbonyl (C=O) groups is 2. The summed E-state index contributed by atoms with van der Waals surface area (Å²) in [7, 11) is 2.11.